The molecular weight excluding hydrogens is 598 g/mol. The van der Waals surface area contributed by atoms with Crippen molar-refractivity contribution in [1.29, 1.82) is 0 Å². The van der Waals surface area contributed by atoms with E-state index >= 15 is 0 Å². The Balaban J connectivity index is 1.22. The summed E-state index contributed by atoms with van der Waals surface area (Å²) in [5, 5.41) is 15.5. The second-order valence-corrected chi connectivity index (χ2v) is 14.4. The van der Waals surface area contributed by atoms with Gasteiger partial charge in [-0.25, -0.2) is 9.78 Å². The van der Waals surface area contributed by atoms with Crippen molar-refractivity contribution in [3.63, 3.8) is 0 Å². The van der Waals surface area contributed by atoms with E-state index in [0.29, 0.717) is 24.9 Å². The Morgan fingerprint density at radius 1 is 0.958 bits per heavy atom. The molecule has 250 valence electrons. The maximum Gasteiger partial charge on any atom is 0.339 e. The average molecular weight is 646 g/mol. The number of para-hydroxylation sites is 2. The zero-order valence-corrected chi connectivity index (χ0v) is 29.3. The van der Waals surface area contributed by atoms with E-state index in [1.165, 1.54) is 5.06 Å². The summed E-state index contributed by atoms with van der Waals surface area (Å²) in [6.45, 7) is 10.7. The van der Waals surface area contributed by atoms with Gasteiger partial charge in [-0.15, -0.1) is 0 Å². The van der Waals surface area contributed by atoms with Gasteiger partial charge in [-0.1, -0.05) is 54.6 Å². The molecule has 0 atom stereocenters. The molecule has 0 bridgehead atoms. The number of carbonyl (C=O) groups excluding carboxylic acids is 1. The van der Waals surface area contributed by atoms with Crippen molar-refractivity contribution in [2.75, 3.05) is 24.3 Å². The number of nitrogens with zero attached hydrogens (tertiary/aromatic N) is 4. The van der Waals surface area contributed by atoms with Gasteiger partial charge in [-0.3, -0.25) is 0 Å². The fraction of sp³-hybridized carbons (Fsp3) is 0.350. The summed E-state index contributed by atoms with van der Waals surface area (Å²) in [7, 11) is 6.13. The summed E-state index contributed by atoms with van der Waals surface area (Å²) < 4.78 is 8.24. The van der Waals surface area contributed by atoms with Crippen molar-refractivity contribution in [2.24, 2.45) is 7.05 Å². The minimum Gasteiger partial charge on any atom is -0.459 e. The van der Waals surface area contributed by atoms with Crippen molar-refractivity contribution < 1.29 is 14.7 Å². The van der Waals surface area contributed by atoms with E-state index in [9.17, 15) is 10.0 Å². The highest BCUT2D eigenvalue weighted by Gasteiger charge is 2.46. The fourth-order valence-electron chi connectivity index (χ4n) is 7.47. The first-order valence-corrected chi connectivity index (χ1v) is 16.6. The van der Waals surface area contributed by atoms with Gasteiger partial charge in [0, 0.05) is 57.2 Å². The Labute approximate surface area is 283 Å². The number of hydroxylamine groups is 2. The lowest BCUT2D eigenvalue weighted by Gasteiger charge is -2.50. The Hall–Kier alpha value is -4.66. The molecule has 8 nitrogen and oxygen atoms in total. The van der Waals surface area contributed by atoms with E-state index < -0.39 is 11.1 Å². The topological polar surface area (TPSA) is 82.9 Å². The van der Waals surface area contributed by atoms with E-state index in [4.69, 9.17) is 9.72 Å². The predicted octanol–water partition coefficient (Wildman–Crippen LogP) is 8.46. The van der Waals surface area contributed by atoms with E-state index in [0.717, 1.165) is 56.0 Å². The molecule has 6 rings (SSSR count). The number of imidazole rings is 1. The summed E-state index contributed by atoms with van der Waals surface area (Å²) in [4.78, 5) is 20.8. The van der Waals surface area contributed by atoms with Gasteiger partial charge < -0.3 is 24.7 Å². The van der Waals surface area contributed by atoms with Gasteiger partial charge in [0.2, 0.25) is 0 Å². The lowest BCUT2D eigenvalue weighted by molar-refractivity contribution is -0.256. The van der Waals surface area contributed by atoms with Crippen molar-refractivity contribution in [3.8, 4) is 22.5 Å². The molecule has 1 aliphatic heterocycles. The number of esters is 1. The van der Waals surface area contributed by atoms with E-state index in [2.05, 4.69) is 78.3 Å². The number of aryl methyl sites for hydroxylation is 2. The second-order valence-electron chi connectivity index (χ2n) is 14.4. The van der Waals surface area contributed by atoms with Crippen molar-refractivity contribution in [3.05, 3.63) is 102 Å². The van der Waals surface area contributed by atoms with Gasteiger partial charge in [0.25, 0.3) is 0 Å². The zero-order valence-electron chi connectivity index (χ0n) is 29.3. The molecule has 0 aliphatic carbocycles. The maximum atomic E-state index is 13.6. The highest BCUT2D eigenvalue weighted by atomic mass is 16.5. The number of fused-ring (bicyclic) bond motifs is 1. The van der Waals surface area contributed by atoms with Crippen LogP contribution in [0.2, 0.25) is 0 Å². The molecule has 1 aliphatic rings. The summed E-state index contributed by atoms with van der Waals surface area (Å²) >= 11 is 0. The molecule has 2 heterocycles. The molecule has 8 heteroatoms. The summed E-state index contributed by atoms with van der Waals surface area (Å²) in [5.74, 6) is 0.595. The van der Waals surface area contributed by atoms with Crippen LogP contribution < -0.4 is 10.2 Å². The molecule has 0 spiro atoms. The first kappa shape index (κ1) is 33.2. The minimum absolute atomic E-state index is 0.294. The number of hydrogen-bond acceptors (Lipinski definition) is 7. The zero-order chi connectivity index (χ0) is 34.4. The number of aromatic nitrogens is 2. The molecule has 5 aromatic rings. The minimum atomic E-state index is -0.504. The van der Waals surface area contributed by atoms with Crippen LogP contribution in [0.3, 0.4) is 0 Å². The monoisotopic (exact) mass is 645 g/mol. The van der Waals surface area contributed by atoms with Gasteiger partial charge in [-0.2, -0.15) is 5.06 Å². The molecule has 0 unspecified atom stereocenters. The van der Waals surface area contributed by atoms with Crippen LogP contribution in [-0.2, 0) is 18.3 Å². The highest BCUT2D eigenvalue weighted by molar-refractivity contribution is 5.97. The van der Waals surface area contributed by atoms with Gasteiger partial charge in [0.15, 0.2) is 0 Å². The van der Waals surface area contributed by atoms with Crippen molar-refractivity contribution in [1.82, 2.24) is 14.6 Å². The molecule has 4 aromatic carbocycles. The number of carbonyl (C=O) groups is 1. The lowest BCUT2D eigenvalue weighted by atomic mass is 9.80. The number of ether oxygens (including phenoxy) is 1. The van der Waals surface area contributed by atoms with Crippen LogP contribution in [0.25, 0.3) is 33.5 Å². The molecule has 0 amide bonds. The predicted molar refractivity (Wildman–Crippen MR) is 195 cm³/mol. The van der Waals surface area contributed by atoms with Crippen LogP contribution in [-0.4, -0.2) is 57.1 Å². The molecular formula is C40H47N5O3. The standard InChI is InChI=1S/C40H47N5O3/c1-26-21-29(37-42-33-15-11-12-16-34(33)44(37)8)22-35(36(26)41-6)43(7)25-27-17-19-28(20-18-27)31-13-9-10-14-32(31)38(46)48-30-23-39(2,3)45(47)40(4,5)24-30/h9-22,30,41,47H,23-25H2,1-8H3. The highest BCUT2D eigenvalue weighted by Crippen LogP contribution is 2.39. The lowest BCUT2D eigenvalue weighted by Crippen LogP contribution is -2.60. The Bertz CT molecular complexity index is 1940. The van der Waals surface area contributed by atoms with E-state index in [-0.39, 0.29) is 12.1 Å². The van der Waals surface area contributed by atoms with Gasteiger partial charge in [-0.05, 0) is 87.2 Å². The van der Waals surface area contributed by atoms with Crippen molar-refractivity contribution >= 4 is 28.4 Å². The molecule has 1 saturated heterocycles. The smallest absolute Gasteiger partial charge is 0.339 e. The van der Waals surface area contributed by atoms with Crippen molar-refractivity contribution in [2.45, 2.75) is 71.2 Å². The first-order chi connectivity index (χ1) is 22.8. The van der Waals surface area contributed by atoms with Crippen LogP contribution in [0.5, 0.6) is 0 Å². The third-order valence-electron chi connectivity index (χ3n) is 9.73. The van der Waals surface area contributed by atoms with Crippen LogP contribution in [0, 0.1) is 6.92 Å². The number of rotatable bonds is 8. The number of piperidine rings is 1. The van der Waals surface area contributed by atoms with Crippen LogP contribution >= 0.6 is 0 Å². The number of nitrogens with one attached hydrogen (secondary N) is 1. The summed E-state index contributed by atoms with van der Waals surface area (Å²) in [5.41, 5.74) is 8.95. The third kappa shape index (κ3) is 6.30. The molecule has 1 fully saturated rings. The maximum absolute atomic E-state index is 13.6. The molecule has 2 N–H and O–H groups in total. The normalized spacial score (nSPS) is 16.2. The molecule has 48 heavy (non-hydrogen) atoms. The summed E-state index contributed by atoms with van der Waals surface area (Å²) in [6.07, 6.45) is 0.816. The van der Waals surface area contributed by atoms with Crippen LogP contribution in [0.1, 0.15) is 62.0 Å². The number of benzene rings is 4. The van der Waals surface area contributed by atoms with Gasteiger partial charge in [0.1, 0.15) is 11.9 Å². The third-order valence-corrected chi connectivity index (χ3v) is 9.73. The number of anilines is 2. The Kier molecular flexibility index (Phi) is 8.83. The fourth-order valence-corrected chi connectivity index (χ4v) is 7.47. The van der Waals surface area contributed by atoms with Gasteiger partial charge in [0.05, 0.1) is 28.0 Å². The SMILES string of the molecule is CNc1c(C)cc(-c2nc3ccccc3n2C)cc1N(C)Cc1ccc(-c2ccccc2C(=O)OC2CC(C)(C)N(O)C(C)(C)C2)cc1. The van der Waals surface area contributed by atoms with Gasteiger partial charge >= 0.3 is 5.97 Å². The molecule has 1 aromatic heterocycles. The van der Waals surface area contributed by atoms with E-state index in [1.807, 2.05) is 77.2 Å². The second kappa shape index (κ2) is 12.7. The van der Waals surface area contributed by atoms with Crippen LogP contribution in [0.15, 0.2) is 84.9 Å². The van der Waals surface area contributed by atoms with Crippen LogP contribution in [0.4, 0.5) is 11.4 Å². The number of hydrogen-bond donors (Lipinski definition) is 2. The Morgan fingerprint density at radius 2 is 1.60 bits per heavy atom. The average Bonchev–Trinajstić information content (AvgIpc) is 3.39. The molecule has 0 radical (unpaired) electrons. The summed E-state index contributed by atoms with van der Waals surface area (Å²) in [6, 6.07) is 28.6. The largest absolute Gasteiger partial charge is 0.459 e. The first-order valence-electron chi connectivity index (χ1n) is 16.6. The quantitative estimate of drug-likeness (QED) is 0.164. The Morgan fingerprint density at radius 3 is 2.27 bits per heavy atom. The van der Waals surface area contributed by atoms with E-state index in [1.54, 1.807) is 0 Å². The molecule has 0 saturated carbocycles.